The SMILES string of the molecule is COC(=O)CCN(C)c1ccc([N+](=O)[O-])c(C#N)n1. The van der Waals surface area contributed by atoms with Crippen LogP contribution in [0.25, 0.3) is 0 Å². The largest absolute Gasteiger partial charge is 0.469 e. The van der Waals surface area contributed by atoms with Crippen LogP contribution in [-0.4, -0.2) is 36.6 Å². The highest BCUT2D eigenvalue weighted by atomic mass is 16.6. The second kappa shape index (κ2) is 6.30. The average molecular weight is 264 g/mol. The number of nitriles is 1. The number of hydrogen-bond donors (Lipinski definition) is 0. The summed E-state index contributed by atoms with van der Waals surface area (Å²) < 4.78 is 4.50. The maximum Gasteiger partial charge on any atom is 0.307 e. The number of carbonyl (C=O) groups is 1. The molecule has 1 heterocycles. The van der Waals surface area contributed by atoms with Gasteiger partial charge in [0.1, 0.15) is 11.9 Å². The first-order valence-electron chi connectivity index (χ1n) is 5.33. The van der Waals surface area contributed by atoms with Crippen molar-refractivity contribution in [2.45, 2.75) is 6.42 Å². The summed E-state index contributed by atoms with van der Waals surface area (Å²) in [7, 11) is 2.96. The molecule has 0 atom stereocenters. The monoisotopic (exact) mass is 264 g/mol. The Morgan fingerprint density at radius 3 is 2.84 bits per heavy atom. The summed E-state index contributed by atoms with van der Waals surface area (Å²) in [6.45, 7) is 0.336. The zero-order valence-corrected chi connectivity index (χ0v) is 10.5. The number of anilines is 1. The number of nitrogens with zero attached hydrogens (tertiary/aromatic N) is 4. The Bertz CT molecular complexity index is 538. The molecular weight excluding hydrogens is 252 g/mol. The van der Waals surface area contributed by atoms with Gasteiger partial charge in [-0.2, -0.15) is 5.26 Å². The molecule has 0 aromatic carbocycles. The Kier molecular flexibility index (Phi) is 4.76. The summed E-state index contributed by atoms with van der Waals surface area (Å²) >= 11 is 0. The molecule has 0 aliphatic rings. The third-order valence-electron chi connectivity index (χ3n) is 2.43. The highest BCUT2D eigenvalue weighted by Crippen LogP contribution is 2.19. The Morgan fingerprint density at radius 2 is 2.32 bits per heavy atom. The summed E-state index contributed by atoms with van der Waals surface area (Å²) in [5, 5.41) is 19.5. The van der Waals surface area contributed by atoms with E-state index in [-0.39, 0.29) is 23.8 Å². The Morgan fingerprint density at radius 1 is 1.63 bits per heavy atom. The summed E-state index contributed by atoms with van der Waals surface area (Å²) in [5.74, 6) is 0.0142. The second-order valence-electron chi connectivity index (χ2n) is 3.65. The van der Waals surface area contributed by atoms with Gasteiger partial charge in [-0.15, -0.1) is 0 Å². The fourth-order valence-electron chi connectivity index (χ4n) is 1.36. The van der Waals surface area contributed by atoms with Crippen LogP contribution in [0.2, 0.25) is 0 Å². The number of carbonyl (C=O) groups excluding carboxylic acids is 1. The highest BCUT2D eigenvalue weighted by molar-refractivity contribution is 5.69. The van der Waals surface area contributed by atoms with Crippen molar-refractivity contribution in [1.82, 2.24) is 4.98 Å². The molecule has 1 aromatic rings. The molecule has 8 heteroatoms. The van der Waals surface area contributed by atoms with E-state index in [1.807, 2.05) is 0 Å². The first kappa shape index (κ1) is 14.4. The van der Waals surface area contributed by atoms with Gasteiger partial charge < -0.3 is 9.64 Å². The van der Waals surface area contributed by atoms with Crippen LogP contribution in [0.3, 0.4) is 0 Å². The van der Waals surface area contributed by atoms with Crippen molar-refractivity contribution in [3.63, 3.8) is 0 Å². The van der Waals surface area contributed by atoms with E-state index >= 15 is 0 Å². The van der Waals surface area contributed by atoms with Crippen LogP contribution in [0, 0.1) is 21.4 Å². The Labute approximate surface area is 109 Å². The van der Waals surface area contributed by atoms with Gasteiger partial charge in [-0.05, 0) is 6.07 Å². The molecule has 0 amide bonds. The first-order chi connectivity index (χ1) is 8.99. The topological polar surface area (TPSA) is 109 Å². The molecule has 0 spiro atoms. The summed E-state index contributed by atoms with van der Waals surface area (Å²) in [6.07, 6.45) is 0.160. The minimum absolute atomic E-state index is 0.160. The van der Waals surface area contributed by atoms with Crippen molar-refractivity contribution >= 4 is 17.5 Å². The lowest BCUT2D eigenvalue weighted by molar-refractivity contribution is -0.385. The van der Waals surface area contributed by atoms with Crippen LogP contribution in [0.15, 0.2) is 12.1 Å². The van der Waals surface area contributed by atoms with Gasteiger partial charge in [0.15, 0.2) is 0 Å². The lowest BCUT2D eigenvalue weighted by Gasteiger charge is -2.17. The zero-order chi connectivity index (χ0) is 14.4. The van der Waals surface area contributed by atoms with Gasteiger partial charge in [-0.1, -0.05) is 0 Å². The molecule has 0 bridgehead atoms. The third-order valence-corrected chi connectivity index (χ3v) is 2.43. The van der Waals surface area contributed by atoms with Gasteiger partial charge in [-0.25, -0.2) is 4.98 Å². The minimum Gasteiger partial charge on any atom is -0.469 e. The number of esters is 1. The predicted molar refractivity (Wildman–Crippen MR) is 65.5 cm³/mol. The number of pyridine rings is 1. The first-order valence-corrected chi connectivity index (χ1v) is 5.33. The fourth-order valence-corrected chi connectivity index (χ4v) is 1.36. The van der Waals surface area contributed by atoms with Crippen molar-refractivity contribution in [3.8, 4) is 6.07 Å². The fraction of sp³-hybridized carbons (Fsp3) is 0.364. The van der Waals surface area contributed by atoms with Crippen molar-refractivity contribution in [3.05, 3.63) is 27.9 Å². The molecule has 0 radical (unpaired) electrons. The van der Waals surface area contributed by atoms with E-state index in [9.17, 15) is 14.9 Å². The van der Waals surface area contributed by atoms with Crippen LogP contribution in [-0.2, 0) is 9.53 Å². The van der Waals surface area contributed by atoms with Crippen molar-refractivity contribution in [2.24, 2.45) is 0 Å². The molecule has 0 fully saturated rings. The van der Waals surface area contributed by atoms with E-state index in [1.165, 1.54) is 19.2 Å². The maximum absolute atomic E-state index is 11.0. The van der Waals surface area contributed by atoms with E-state index in [2.05, 4.69) is 9.72 Å². The Balaban J connectivity index is 2.88. The molecule has 0 aliphatic carbocycles. The number of methoxy groups -OCH3 is 1. The molecule has 8 nitrogen and oxygen atoms in total. The van der Waals surface area contributed by atoms with Gasteiger partial charge in [0.25, 0.3) is 0 Å². The molecule has 19 heavy (non-hydrogen) atoms. The minimum atomic E-state index is -0.663. The summed E-state index contributed by atoms with van der Waals surface area (Å²) in [6, 6.07) is 4.32. The van der Waals surface area contributed by atoms with Crippen molar-refractivity contribution in [2.75, 3.05) is 25.6 Å². The van der Waals surface area contributed by atoms with Crippen LogP contribution < -0.4 is 4.90 Å². The van der Waals surface area contributed by atoms with E-state index in [1.54, 1.807) is 18.0 Å². The lowest BCUT2D eigenvalue weighted by atomic mass is 10.3. The van der Waals surface area contributed by atoms with Crippen LogP contribution >= 0.6 is 0 Å². The molecule has 0 unspecified atom stereocenters. The van der Waals surface area contributed by atoms with E-state index < -0.39 is 4.92 Å². The number of ether oxygens (including phenoxy) is 1. The molecule has 100 valence electrons. The predicted octanol–water partition coefficient (Wildman–Crippen LogP) is 0.861. The number of hydrogen-bond acceptors (Lipinski definition) is 7. The van der Waals surface area contributed by atoms with Crippen molar-refractivity contribution < 1.29 is 14.5 Å². The van der Waals surface area contributed by atoms with Crippen LogP contribution in [0.1, 0.15) is 12.1 Å². The van der Waals surface area contributed by atoms with Gasteiger partial charge in [0.2, 0.25) is 5.69 Å². The normalized spacial score (nSPS) is 9.53. The van der Waals surface area contributed by atoms with Gasteiger partial charge in [-0.3, -0.25) is 14.9 Å². The molecule has 0 N–H and O–H groups in total. The highest BCUT2D eigenvalue weighted by Gasteiger charge is 2.17. The van der Waals surface area contributed by atoms with E-state index in [0.29, 0.717) is 12.4 Å². The van der Waals surface area contributed by atoms with Crippen LogP contribution in [0.5, 0.6) is 0 Å². The number of nitro groups is 1. The third kappa shape index (κ3) is 3.64. The Hall–Kier alpha value is -2.69. The van der Waals surface area contributed by atoms with Crippen molar-refractivity contribution in [1.29, 1.82) is 5.26 Å². The quantitative estimate of drug-likeness (QED) is 0.440. The molecule has 0 saturated heterocycles. The molecule has 1 rings (SSSR count). The van der Waals surface area contributed by atoms with E-state index in [0.717, 1.165) is 0 Å². The smallest absolute Gasteiger partial charge is 0.307 e. The van der Waals surface area contributed by atoms with E-state index in [4.69, 9.17) is 5.26 Å². The standard InChI is InChI=1S/C11H12N4O4/c1-14(6-5-11(16)19-2)10-4-3-9(15(17)18)8(7-12)13-10/h3-4H,5-6H2,1-2H3. The molecule has 1 aromatic heterocycles. The maximum atomic E-state index is 11.0. The number of rotatable bonds is 5. The second-order valence-corrected chi connectivity index (χ2v) is 3.65. The number of aromatic nitrogens is 1. The van der Waals surface area contributed by atoms with Gasteiger partial charge in [0.05, 0.1) is 18.5 Å². The lowest BCUT2D eigenvalue weighted by Crippen LogP contribution is -2.22. The van der Waals surface area contributed by atoms with Gasteiger partial charge in [0, 0.05) is 19.7 Å². The van der Waals surface area contributed by atoms with Gasteiger partial charge >= 0.3 is 11.7 Å². The zero-order valence-electron chi connectivity index (χ0n) is 10.5. The average Bonchev–Trinajstić information content (AvgIpc) is 2.43. The molecule has 0 aliphatic heterocycles. The summed E-state index contributed by atoms with van der Waals surface area (Å²) in [4.78, 5) is 26.5. The van der Waals surface area contributed by atoms with Crippen LogP contribution in [0.4, 0.5) is 11.5 Å². The molecular formula is C11H12N4O4. The molecule has 0 saturated carbocycles. The summed E-state index contributed by atoms with van der Waals surface area (Å²) in [5.41, 5.74) is -0.597.